The first-order chi connectivity index (χ1) is 13.4. The van der Waals surface area contributed by atoms with Crippen LogP contribution in [0.2, 0.25) is 0 Å². The van der Waals surface area contributed by atoms with Gasteiger partial charge in [-0.25, -0.2) is 4.98 Å². The fourth-order valence-electron chi connectivity index (χ4n) is 2.95. The van der Waals surface area contributed by atoms with Gasteiger partial charge >= 0.3 is 0 Å². The molecule has 3 aromatic rings. The van der Waals surface area contributed by atoms with E-state index in [4.69, 9.17) is 0 Å². The van der Waals surface area contributed by atoms with Crippen LogP contribution in [0.15, 0.2) is 53.3 Å². The zero-order valence-corrected chi connectivity index (χ0v) is 17.3. The highest BCUT2D eigenvalue weighted by atomic mass is 32.2. The van der Waals surface area contributed by atoms with Gasteiger partial charge < -0.3 is 9.88 Å². The van der Waals surface area contributed by atoms with Crippen molar-refractivity contribution in [1.82, 2.24) is 14.9 Å². The van der Waals surface area contributed by atoms with Crippen molar-refractivity contribution in [2.24, 2.45) is 0 Å². The predicted octanol–water partition coefficient (Wildman–Crippen LogP) is 3.90. The number of thioether (sulfide) groups is 1. The highest BCUT2D eigenvalue weighted by Gasteiger charge is 2.19. The summed E-state index contributed by atoms with van der Waals surface area (Å²) in [6.45, 7) is 6.30. The summed E-state index contributed by atoms with van der Waals surface area (Å²) < 4.78 is 0. The molecule has 1 amide bonds. The van der Waals surface area contributed by atoms with Gasteiger partial charge in [0.1, 0.15) is 5.82 Å². The number of rotatable bonds is 7. The number of benzene rings is 2. The molecule has 1 aromatic heterocycles. The zero-order valence-electron chi connectivity index (χ0n) is 16.4. The maximum absolute atomic E-state index is 12.8. The Hall–Kier alpha value is -2.60. The van der Waals surface area contributed by atoms with Crippen LogP contribution in [-0.2, 0) is 17.1 Å². The molecule has 0 aliphatic rings. The molecule has 0 bridgehead atoms. The Balaban J connectivity index is 1.66. The van der Waals surface area contributed by atoms with Gasteiger partial charge in [-0.05, 0) is 38.5 Å². The van der Waals surface area contributed by atoms with Gasteiger partial charge in [-0.3, -0.25) is 9.59 Å². The largest absolute Gasteiger partial charge is 0.332 e. The van der Waals surface area contributed by atoms with E-state index in [9.17, 15) is 9.59 Å². The minimum atomic E-state index is -0.175. The summed E-state index contributed by atoms with van der Waals surface area (Å²) in [5.74, 6) is 1.74. The summed E-state index contributed by atoms with van der Waals surface area (Å²) >= 11 is 1.60. The van der Waals surface area contributed by atoms with Crippen molar-refractivity contribution in [3.63, 3.8) is 0 Å². The minimum absolute atomic E-state index is 0.0178. The molecule has 0 saturated heterocycles. The molecule has 28 heavy (non-hydrogen) atoms. The number of carbonyl (C=O) groups excluding carboxylic acids is 1. The summed E-state index contributed by atoms with van der Waals surface area (Å²) in [5, 5.41) is 0.558. The Morgan fingerprint density at radius 1 is 1.14 bits per heavy atom. The van der Waals surface area contributed by atoms with Gasteiger partial charge in [0.05, 0.1) is 23.2 Å². The van der Waals surface area contributed by atoms with Gasteiger partial charge in [-0.2, -0.15) is 0 Å². The Kier molecular flexibility index (Phi) is 6.52. The van der Waals surface area contributed by atoms with E-state index < -0.39 is 0 Å². The van der Waals surface area contributed by atoms with Crippen LogP contribution in [0.1, 0.15) is 30.8 Å². The van der Waals surface area contributed by atoms with E-state index in [-0.39, 0.29) is 17.5 Å². The maximum Gasteiger partial charge on any atom is 0.258 e. The van der Waals surface area contributed by atoms with Gasteiger partial charge in [-0.1, -0.05) is 42.0 Å². The van der Waals surface area contributed by atoms with E-state index in [2.05, 4.69) is 41.2 Å². The Bertz CT molecular complexity index is 1010. The molecule has 0 fully saturated rings. The molecule has 0 saturated carbocycles. The lowest BCUT2D eigenvalue weighted by Gasteiger charge is -2.26. The lowest BCUT2D eigenvalue weighted by atomic mass is 10.2. The summed E-state index contributed by atoms with van der Waals surface area (Å²) in [5.41, 5.74) is 2.91. The number of fused-ring (bicyclic) bond motifs is 1. The molecule has 5 nitrogen and oxygen atoms in total. The third kappa shape index (κ3) is 5.01. The van der Waals surface area contributed by atoms with Crippen molar-refractivity contribution in [3.8, 4) is 0 Å². The first-order valence-corrected chi connectivity index (χ1v) is 10.5. The molecule has 0 unspecified atom stereocenters. The SMILES string of the molecule is Cc1ccc(CSCC(=O)N(Cc2nc3ccccc3c(=O)[nH]2)C(C)C)cc1. The van der Waals surface area contributed by atoms with Crippen LogP contribution in [-0.4, -0.2) is 32.6 Å². The Labute approximate surface area is 169 Å². The first-order valence-electron chi connectivity index (χ1n) is 9.34. The monoisotopic (exact) mass is 395 g/mol. The van der Waals surface area contributed by atoms with E-state index in [1.54, 1.807) is 22.7 Å². The summed E-state index contributed by atoms with van der Waals surface area (Å²) in [6, 6.07) is 15.6. The molecular formula is C22H25N3O2S. The predicted molar refractivity (Wildman–Crippen MR) is 115 cm³/mol. The van der Waals surface area contributed by atoms with Crippen LogP contribution in [0.3, 0.4) is 0 Å². The van der Waals surface area contributed by atoms with E-state index in [0.29, 0.717) is 29.0 Å². The van der Waals surface area contributed by atoms with E-state index >= 15 is 0 Å². The van der Waals surface area contributed by atoms with Crippen LogP contribution in [0.5, 0.6) is 0 Å². The van der Waals surface area contributed by atoms with Gasteiger partial charge in [0.2, 0.25) is 5.91 Å². The van der Waals surface area contributed by atoms with Crippen molar-refractivity contribution < 1.29 is 4.79 Å². The molecule has 0 radical (unpaired) electrons. The van der Waals surface area contributed by atoms with Gasteiger partial charge in [0, 0.05) is 11.8 Å². The number of aryl methyl sites for hydroxylation is 1. The molecule has 0 spiro atoms. The van der Waals surface area contributed by atoms with E-state index in [1.807, 2.05) is 32.0 Å². The molecule has 0 atom stereocenters. The van der Waals surface area contributed by atoms with Gasteiger partial charge in [0.25, 0.3) is 5.56 Å². The number of hydrogen-bond acceptors (Lipinski definition) is 4. The standard InChI is InChI=1S/C22H25N3O2S/c1-15(2)25(21(26)14-28-13-17-10-8-16(3)9-11-17)12-20-23-19-7-5-4-6-18(19)22(27)24-20/h4-11,15H,12-14H2,1-3H3,(H,23,24,27). The fraction of sp³-hybridized carbons (Fsp3) is 0.318. The van der Waals surface area contributed by atoms with Crippen LogP contribution in [0.4, 0.5) is 0 Å². The molecular weight excluding hydrogens is 370 g/mol. The lowest BCUT2D eigenvalue weighted by molar-refractivity contribution is -0.130. The van der Waals surface area contributed by atoms with Crippen LogP contribution in [0, 0.1) is 6.92 Å². The number of hydrogen-bond donors (Lipinski definition) is 1. The van der Waals surface area contributed by atoms with Gasteiger partial charge in [-0.15, -0.1) is 11.8 Å². The van der Waals surface area contributed by atoms with Crippen molar-refractivity contribution in [1.29, 1.82) is 0 Å². The molecule has 146 valence electrons. The number of nitrogens with one attached hydrogen (secondary N) is 1. The third-order valence-corrected chi connectivity index (χ3v) is 5.53. The lowest BCUT2D eigenvalue weighted by Crippen LogP contribution is -2.38. The van der Waals surface area contributed by atoms with Crippen molar-refractivity contribution in [2.45, 2.75) is 39.1 Å². The summed E-state index contributed by atoms with van der Waals surface area (Å²) in [7, 11) is 0. The molecule has 3 rings (SSSR count). The molecule has 0 aliphatic carbocycles. The van der Waals surface area contributed by atoms with Crippen molar-refractivity contribution in [3.05, 3.63) is 75.8 Å². The quantitative estimate of drug-likeness (QED) is 0.659. The molecule has 1 heterocycles. The van der Waals surface area contributed by atoms with Gasteiger partial charge in [0.15, 0.2) is 0 Å². The number of nitrogens with zero attached hydrogens (tertiary/aromatic N) is 2. The zero-order chi connectivity index (χ0) is 20.1. The molecule has 0 aliphatic heterocycles. The number of aromatic nitrogens is 2. The van der Waals surface area contributed by atoms with Crippen LogP contribution < -0.4 is 5.56 Å². The normalized spacial score (nSPS) is 11.1. The third-order valence-electron chi connectivity index (χ3n) is 4.54. The number of H-pyrrole nitrogens is 1. The second-order valence-electron chi connectivity index (χ2n) is 7.12. The molecule has 2 aromatic carbocycles. The number of para-hydroxylation sites is 1. The average molecular weight is 396 g/mol. The molecule has 6 heteroatoms. The first kappa shape index (κ1) is 20.1. The summed E-state index contributed by atoms with van der Waals surface area (Å²) in [6.07, 6.45) is 0. The van der Waals surface area contributed by atoms with Crippen molar-refractivity contribution >= 4 is 28.6 Å². The smallest absolute Gasteiger partial charge is 0.258 e. The summed E-state index contributed by atoms with van der Waals surface area (Å²) in [4.78, 5) is 34.1. The second kappa shape index (κ2) is 9.06. The molecule has 1 N–H and O–H groups in total. The number of amides is 1. The number of aromatic amines is 1. The fourth-order valence-corrected chi connectivity index (χ4v) is 3.82. The Morgan fingerprint density at radius 3 is 2.57 bits per heavy atom. The Morgan fingerprint density at radius 2 is 1.86 bits per heavy atom. The topological polar surface area (TPSA) is 66.1 Å². The average Bonchev–Trinajstić information content (AvgIpc) is 2.67. The van der Waals surface area contributed by atoms with E-state index in [1.165, 1.54) is 11.1 Å². The number of carbonyl (C=O) groups is 1. The van der Waals surface area contributed by atoms with Crippen molar-refractivity contribution in [2.75, 3.05) is 5.75 Å². The highest BCUT2D eigenvalue weighted by Crippen LogP contribution is 2.16. The minimum Gasteiger partial charge on any atom is -0.332 e. The highest BCUT2D eigenvalue weighted by molar-refractivity contribution is 7.99. The van der Waals surface area contributed by atoms with Crippen LogP contribution in [0.25, 0.3) is 10.9 Å². The van der Waals surface area contributed by atoms with Crippen LogP contribution >= 0.6 is 11.8 Å². The second-order valence-corrected chi connectivity index (χ2v) is 8.11. The van der Waals surface area contributed by atoms with E-state index in [0.717, 1.165) is 5.75 Å². The maximum atomic E-state index is 12.8.